The van der Waals surface area contributed by atoms with Crippen molar-refractivity contribution in [3.05, 3.63) is 30.1 Å². The number of likely N-dealkylation sites (N-methyl/N-ethyl adjacent to an activating group) is 1. The Bertz CT molecular complexity index is 854. The van der Waals surface area contributed by atoms with E-state index in [4.69, 9.17) is 0 Å². The third-order valence-corrected chi connectivity index (χ3v) is 7.55. The fraction of sp³-hybridized carbons (Fsp3) is 0.619. The van der Waals surface area contributed by atoms with Gasteiger partial charge in [-0.05, 0) is 50.6 Å². The first kappa shape index (κ1) is 22.7. The molecule has 9 heteroatoms. The SMILES string of the molecule is CN(CC(=O)Nc1ccc(F)cc1)CC(=O)N(C1CCCCC1)C1CCS(=O)(=O)C1. The Labute approximate surface area is 177 Å². The Morgan fingerprint density at radius 1 is 1.03 bits per heavy atom. The summed E-state index contributed by atoms with van der Waals surface area (Å²) in [5.74, 6) is -0.647. The highest BCUT2D eigenvalue weighted by molar-refractivity contribution is 7.91. The van der Waals surface area contributed by atoms with Crippen molar-refractivity contribution >= 4 is 27.3 Å². The molecular formula is C21H30FN3O4S. The highest BCUT2D eigenvalue weighted by atomic mass is 32.2. The molecule has 1 unspecified atom stereocenters. The van der Waals surface area contributed by atoms with E-state index in [1.54, 1.807) is 16.8 Å². The molecule has 1 N–H and O–H groups in total. The lowest BCUT2D eigenvalue weighted by molar-refractivity contribution is -0.137. The molecule has 166 valence electrons. The quantitative estimate of drug-likeness (QED) is 0.703. The van der Waals surface area contributed by atoms with Crippen LogP contribution in [0.2, 0.25) is 0 Å². The molecule has 1 heterocycles. The van der Waals surface area contributed by atoms with Crippen LogP contribution in [0.5, 0.6) is 0 Å². The van der Waals surface area contributed by atoms with Crippen molar-refractivity contribution in [3.8, 4) is 0 Å². The largest absolute Gasteiger partial charge is 0.335 e. The molecule has 1 aliphatic heterocycles. The lowest BCUT2D eigenvalue weighted by Gasteiger charge is -2.39. The maximum atomic E-state index is 13.1. The van der Waals surface area contributed by atoms with Gasteiger partial charge in [0.1, 0.15) is 5.82 Å². The van der Waals surface area contributed by atoms with Crippen molar-refractivity contribution < 1.29 is 22.4 Å². The average molecular weight is 440 g/mol. The second-order valence-corrected chi connectivity index (χ2v) is 10.6. The van der Waals surface area contributed by atoms with Crippen molar-refractivity contribution in [2.24, 2.45) is 0 Å². The minimum Gasteiger partial charge on any atom is -0.335 e. The maximum Gasteiger partial charge on any atom is 0.238 e. The van der Waals surface area contributed by atoms with E-state index < -0.39 is 9.84 Å². The van der Waals surface area contributed by atoms with Crippen LogP contribution in [0.25, 0.3) is 0 Å². The zero-order chi connectivity index (χ0) is 21.7. The zero-order valence-corrected chi connectivity index (χ0v) is 18.2. The summed E-state index contributed by atoms with van der Waals surface area (Å²) in [4.78, 5) is 28.8. The van der Waals surface area contributed by atoms with E-state index in [0.29, 0.717) is 12.1 Å². The molecule has 1 saturated heterocycles. The molecule has 30 heavy (non-hydrogen) atoms. The maximum absolute atomic E-state index is 13.1. The Hall–Kier alpha value is -2.00. The Balaban J connectivity index is 1.59. The van der Waals surface area contributed by atoms with E-state index in [0.717, 1.165) is 32.1 Å². The van der Waals surface area contributed by atoms with Gasteiger partial charge in [0.15, 0.2) is 9.84 Å². The van der Waals surface area contributed by atoms with E-state index in [-0.39, 0.29) is 54.3 Å². The van der Waals surface area contributed by atoms with Crippen LogP contribution >= 0.6 is 0 Å². The standard InChI is InChI=1S/C21H30FN3O4S/c1-24(13-20(26)23-17-9-7-16(22)8-10-17)14-21(27)25(18-5-3-2-4-6-18)19-11-12-30(28,29)15-19/h7-10,18-19H,2-6,11-15H2,1H3,(H,23,26). The van der Waals surface area contributed by atoms with Gasteiger partial charge in [-0.3, -0.25) is 14.5 Å². The molecule has 2 amide bonds. The number of amides is 2. The van der Waals surface area contributed by atoms with E-state index in [1.165, 1.54) is 24.3 Å². The van der Waals surface area contributed by atoms with Gasteiger partial charge in [0, 0.05) is 17.8 Å². The van der Waals surface area contributed by atoms with Crippen LogP contribution in [0.3, 0.4) is 0 Å². The molecule has 0 bridgehead atoms. The number of benzene rings is 1. The lowest BCUT2D eigenvalue weighted by Crippen LogP contribution is -2.52. The van der Waals surface area contributed by atoms with Crippen molar-refractivity contribution in [2.75, 3.05) is 37.0 Å². The fourth-order valence-electron chi connectivity index (χ4n) is 4.41. The molecule has 0 spiro atoms. The molecule has 1 aromatic carbocycles. The van der Waals surface area contributed by atoms with Gasteiger partial charge < -0.3 is 10.2 Å². The summed E-state index contributed by atoms with van der Waals surface area (Å²) in [6.45, 7) is 0.0501. The van der Waals surface area contributed by atoms with Crippen LogP contribution in [0, 0.1) is 5.82 Å². The zero-order valence-electron chi connectivity index (χ0n) is 17.3. The monoisotopic (exact) mass is 439 g/mol. The van der Waals surface area contributed by atoms with E-state index >= 15 is 0 Å². The van der Waals surface area contributed by atoms with Crippen molar-refractivity contribution in [3.63, 3.8) is 0 Å². The third kappa shape index (κ3) is 6.25. The highest BCUT2D eigenvalue weighted by Crippen LogP contribution is 2.28. The van der Waals surface area contributed by atoms with Crippen molar-refractivity contribution in [2.45, 2.75) is 50.6 Å². The van der Waals surface area contributed by atoms with Gasteiger partial charge in [-0.25, -0.2) is 12.8 Å². The van der Waals surface area contributed by atoms with Gasteiger partial charge in [0.25, 0.3) is 0 Å². The van der Waals surface area contributed by atoms with Crippen LogP contribution in [0.1, 0.15) is 38.5 Å². The number of nitrogens with one attached hydrogen (secondary N) is 1. The van der Waals surface area contributed by atoms with Gasteiger partial charge in [-0.1, -0.05) is 19.3 Å². The first-order valence-electron chi connectivity index (χ1n) is 10.5. The summed E-state index contributed by atoms with van der Waals surface area (Å²) in [5.41, 5.74) is 0.487. The molecule has 0 aromatic heterocycles. The average Bonchev–Trinajstić information content (AvgIpc) is 3.03. The fourth-order valence-corrected chi connectivity index (χ4v) is 6.12. The first-order valence-corrected chi connectivity index (χ1v) is 12.3. The number of hydrogen-bond donors (Lipinski definition) is 1. The number of rotatable bonds is 7. The number of hydrogen-bond acceptors (Lipinski definition) is 5. The molecule has 2 aliphatic rings. The van der Waals surface area contributed by atoms with Crippen LogP contribution in [-0.4, -0.2) is 73.8 Å². The number of nitrogens with zero attached hydrogens (tertiary/aromatic N) is 2. The summed E-state index contributed by atoms with van der Waals surface area (Å²) in [7, 11) is -1.41. The van der Waals surface area contributed by atoms with Gasteiger partial charge in [-0.2, -0.15) is 0 Å². The predicted octanol–water partition coefficient (Wildman–Crippen LogP) is 2.04. The van der Waals surface area contributed by atoms with Gasteiger partial charge in [-0.15, -0.1) is 0 Å². The number of carbonyl (C=O) groups is 2. The summed E-state index contributed by atoms with van der Waals surface area (Å²) in [6.07, 6.45) is 5.52. The molecule has 1 aromatic rings. The van der Waals surface area contributed by atoms with E-state index in [9.17, 15) is 22.4 Å². The van der Waals surface area contributed by atoms with Crippen LogP contribution < -0.4 is 5.32 Å². The molecule has 2 fully saturated rings. The topological polar surface area (TPSA) is 86.8 Å². The molecular weight excluding hydrogens is 409 g/mol. The highest BCUT2D eigenvalue weighted by Gasteiger charge is 2.38. The normalized spacial score (nSPS) is 21.5. The molecule has 1 saturated carbocycles. The second-order valence-electron chi connectivity index (χ2n) is 8.38. The predicted molar refractivity (Wildman–Crippen MR) is 113 cm³/mol. The van der Waals surface area contributed by atoms with E-state index in [2.05, 4.69) is 5.32 Å². The van der Waals surface area contributed by atoms with Crippen molar-refractivity contribution in [1.29, 1.82) is 0 Å². The number of anilines is 1. The summed E-state index contributed by atoms with van der Waals surface area (Å²) in [6, 6.07) is 5.28. The summed E-state index contributed by atoms with van der Waals surface area (Å²) >= 11 is 0. The molecule has 0 radical (unpaired) electrons. The minimum atomic E-state index is -3.10. The van der Waals surface area contributed by atoms with Crippen LogP contribution in [0.4, 0.5) is 10.1 Å². The second kappa shape index (κ2) is 9.87. The van der Waals surface area contributed by atoms with E-state index in [1.807, 2.05) is 0 Å². The van der Waals surface area contributed by atoms with Crippen molar-refractivity contribution in [1.82, 2.24) is 9.80 Å². The number of halogens is 1. The molecule has 1 atom stereocenters. The van der Waals surface area contributed by atoms with Gasteiger partial charge in [0.2, 0.25) is 11.8 Å². The molecule has 3 rings (SSSR count). The number of carbonyl (C=O) groups excluding carboxylic acids is 2. The molecule has 1 aliphatic carbocycles. The van der Waals surface area contributed by atoms with Gasteiger partial charge >= 0.3 is 0 Å². The minimum absolute atomic E-state index is 0.00455. The Morgan fingerprint density at radius 2 is 1.70 bits per heavy atom. The number of sulfone groups is 1. The Morgan fingerprint density at radius 3 is 2.30 bits per heavy atom. The summed E-state index contributed by atoms with van der Waals surface area (Å²) in [5, 5.41) is 2.68. The lowest BCUT2D eigenvalue weighted by atomic mass is 9.93. The first-order chi connectivity index (χ1) is 14.2. The van der Waals surface area contributed by atoms with Crippen LogP contribution in [-0.2, 0) is 19.4 Å². The third-order valence-electron chi connectivity index (χ3n) is 5.80. The smallest absolute Gasteiger partial charge is 0.238 e. The molecule has 7 nitrogen and oxygen atoms in total. The van der Waals surface area contributed by atoms with Crippen LogP contribution in [0.15, 0.2) is 24.3 Å². The summed E-state index contributed by atoms with van der Waals surface area (Å²) < 4.78 is 37.0. The van der Waals surface area contributed by atoms with Gasteiger partial charge in [0.05, 0.1) is 24.6 Å². The Kier molecular flexibility index (Phi) is 7.46.